The predicted molar refractivity (Wildman–Crippen MR) is 43.4 cm³/mol. The predicted octanol–water partition coefficient (Wildman–Crippen LogP) is 1.42. The van der Waals surface area contributed by atoms with Crippen molar-refractivity contribution in [2.45, 2.75) is 6.29 Å². The van der Waals surface area contributed by atoms with Gasteiger partial charge in [0.1, 0.15) is 5.58 Å². The van der Waals surface area contributed by atoms with Gasteiger partial charge in [-0.1, -0.05) is 12.1 Å². The quantitative estimate of drug-likeness (QED) is 0.626. The number of aliphatic hydroxyl groups excluding tert-OH is 1. The van der Waals surface area contributed by atoms with Gasteiger partial charge in [0.25, 0.3) is 0 Å². The number of hydrogen-bond acceptors (Lipinski definition) is 3. The van der Waals surface area contributed by atoms with Crippen LogP contribution in [-0.4, -0.2) is 10.2 Å². The summed E-state index contributed by atoms with van der Waals surface area (Å²) in [5.74, 6) is 0. The third-order valence-electron chi connectivity index (χ3n) is 1.81. The fraction of sp³-hybridized carbons (Fsp3) is 0.111. The first-order chi connectivity index (χ1) is 5.79. The molecule has 3 nitrogen and oxygen atoms in total. The van der Waals surface area contributed by atoms with Gasteiger partial charge in [-0.25, -0.2) is 0 Å². The van der Waals surface area contributed by atoms with Gasteiger partial charge in [0.15, 0.2) is 6.29 Å². The molecular formula is C9H8O3. The molecule has 1 heterocycles. The van der Waals surface area contributed by atoms with Crippen molar-refractivity contribution in [1.82, 2.24) is 0 Å². The van der Waals surface area contributed by atoms with Gasteiger partial charge in [-0.2, -0.15) is 0 Å². The summed E-state index contributed by atoms with van der Waals surface area (Å²) in [7, 11) is 0. The van der Waals surface area contributed by atoms with E-state index >= 15 is 0 Å². The van der Waals surface area contributed by atoms with Gasteiger partial charge in [0, 0.05) is 10.9 Å². The van der Waals surface area contributed by atoms with Crippen LogP contribution in [-0.2, 0) is 0 Å². The van der Waals surface area contributed by atoms with Crippen molar-refractivity contribution in [3.63, 3.8) is 0 Å². The number of benzene rings is 1. The van der Waals surface area contributed by atoms with Crippen LogP contribution in [0.25, 0.3) is 11.0 Å². The van der Waals surface area contributed by atoms with Crippen LogP contribution in [0.15, 0.2) is 34.9 Å². The molecule has 0 amide bonds. The number of rotatable bonds is 1. The second-order valence-corrected chi connectivity index (χ2v) is 2.55. The van der Waals surface area contributed by atoms with E-state index < -0.39 is 6.29 Å². The lowest BCUT2D eigenvalue weighted by Crippen LogP contribution is -1.94. The first kappa shape index (κ1) is 7.34. The monoisotopic (exact) mass is 164 g/mol. The molecule has 0 fully saturated rings. The first-order valence-electron chi connectivity index (χ1n) is 3.61. The topological polar surface area (TPSA) is 53.6 Å². The van der Waals surface area contributed by atoms with Crippen molar-refractivity contribution in [2.75, 3.05) is 0 Å². The lowest BCUT2D eigenvalue weighted by Gasteiger charge is -2.03. The largest absolute Gasteiger partial charge is 0.464 e. The molecule has 1 aromatic carbocycles. The van der Waals surface area contributed by atoms with Gasteiger partial charge in [-0.3, -0.25) is 0 Å². The van der Waals surface area contributed by atoms with Crippen LogP contribution in [0.5, 0.6) is 0 Å². The number of fused-ring (bicyclic) bond motifs is 1. The van der Waals surface area contributed by atoms with E-state index in [0.717, 1.165) is 5.39 Å². The van der Waals surface area contributed by atoms with Gasteiger partial charge in [-0.15, -0.1) is 0 Å². The Balaban J connectivity index is 2.73. The average Bonchev–Trinajstić information content (AvgIpc) is 2.49. The minimum atomic E-state index is -1.44. The van der Waals surface area contributed by atoms with Crippen molar-refractivity contribution in [1.29, 1.82) is 0 Å². The van der Waals surface area contributed by atoms with Crippen LogP contribution in [0.1, 0.15) is 11.9 Å². The Morgan fingerprint density at radius 2 is 2.00 bits per heavy atom. The molecule has 0 aliphatic carbocycles. The summed E-state index contributed by atoms with van der Waals surface area (Å²) in [5, 5.41) is 18.7. The summed E-state index contributed by atoms with van der Waals surface area (Å²) >= 11 is 0. The molecule has 0 atom stereocenters. The van der Waals surface area contributed by atoms with Gasteiger partial charge < -0.3 is 14.6 Å². The molecule has 0 saturated heterocycles. The molecule has 0 saturated carbocycles. The summed E-state index contributed by atoms with van der Waals surface area (Å²) in [6, 6.07) is 6.87. The maximum absolute atomic E-state index is 8.95. The van der Waals surface area contributed by atoms with E-state index in [9.17, 15) is 0 Å². The van der Waals surface area contributed by atoms with Crippen molar-refractivity contribution in [3.8, 4) is 0 Å². The van der Waals surface area contributed by atoms with E-state index in [2.05, 4.69) is 0 Å². The minimum absolute atomic E-state index is 0.473. The van der Waals surface area contributed by atoms with Crippen LogP contribution >= 0.6 is 0 Å². The zero-order valence-corrected chi connectivity index (χ0v) is 6.27. The second kappa shape index (κ2) is 2.62. The minimum Gasteiger partial charge on any atom is -0.464 e. The fourth-order valence-corrected chi connectivity index (χ4v) is 1.24. The van der Waals surface area contributed by atoms with Crippen molar-refractivity contribution in [3.05, 3.63) is 36.1 Å². The van der Waals surface area contributed by atoms with Crippen LogP contribution in [0.4, 0.5) is 0 Å². The number of furan rings is 1. The molecule has 2 aromatic rings. The second-order valence-electron chi connectivity index (χ2n) is 2.55. The molecule has 0 aliphatic rings. The fourth-order valence-electron chi connectivity index (χ4n) is 1.24. The zero-order chi connectivity index (χ0) is 8.55. The molecule has 62 valence electrons. The normalized spacial score (nSPS) is 11.2. The average molecular weight is 164 g/mol. The number of aliphatic hydroxyl groups is 2. The molecule has 0 bridgehead atoms. The maximum atomic E-state index is 8.95. The number of hydrogen-bond donors (Lipinski definition) is 2. The van der Waals surface area contributed by atoms with Crippen LogP contribution in [0.3, 0.4) is 0 Å². The van der Waals surface area contributed by atoms with E-state index in [1.165, 1.54) is 6.26 Å². The lowest BCUT2D eigenvalue weighted by molar-refractivity contribution is -0.0413. The Morgan fingerprint density at radius 3 is 2.75 bits per heavy atom. The molecular weight excluding hydrogens is 156 g/mol. The molecule has 3 heteroatoms. The highest BCUT2D eigenvalue weighted by Gasteiger charge is 2.08. The highest BCUT2D eigenvalue weighted by atomic mass is 16.5. The van der Waals surface area contributed by atoms with E-state index in [4.69, 9.17) is 14.6 Å². The molecule has 0 radical (unpaired) electrons. The molecule has 0 spiro atoms. The van der Waals surface area contributed by atoms with Gasteiger partial charge in [0.2, 0.25) is 0 Å². The third-order valence-corrected chi connectivity index (χ3v) is 1.81. The highest BCUT2D eigenvalue weighted by Crippen LogP contribution is 2.23. The van der Waals surface area contributed by atoms with Crippen LogP contribution in [0.2, 0.25) is 0 Å². The smallest absolute Gasteiger partial charge is 0.179 e. The summed E-state index contributed by atoms with van der Waals surface area (Å²) in [5.41, 5.74) is 1.14. The molecule has 2 N–H and O–H groups in total. The van der Waals surface area contributed by atoms with E-state index in [1.54, 1.807) is 24.3 Å². The zero-order valence-electron chi connectivity index (χ0n) is 6.27. The molecule has 0 unspecified atom stereocenters. The van der Waals surface area contributed by atoms with Gasteiger partial charge in [-0.05, 0) is 12.1 Å². The Labute approximate surface area is 68.9 Å². The lowest BCUT2D eigenvalue weighted by atomic mass is 10.1. The SMILES string of the molecule is OC(O)c1cccc2occc12. The van der Waals surface area contributed by atoms with E-state index in [1.807, 2.05) is 0 Å². The Morgan fingerprint density at radius 1 is 1.17 bits per heavy atom. The first-order valence-corrected chi connectivity index (χ1v) is 3.61. The molecule has 2 rings (SSSR count). The van der Waals surface area contributed by atoms with Gasteiger partial charge in [0.05, 0.1) is 6.26 Å². The molecule has 12 heavy (non-hydrogen) atoms. The summed E-state index contributed by atoms with van der Waals surface area (Å²) in [4.78, 5) is 0. The van der Waals surface area contributed by atoms with Crippen molar-refractivity contribution < 1.29 is 14.6 Å². The molecule has 0 aliphatic heterocycles. The summed E-state index contributed by atoms with van der Waals surface area (Å²) < 4.78 is 5.09. The standard InChI is InChI=1S/C9H8O3/c10-9(11)7-2-1-3-8-6(7)4-5-12-8/h1-5,9-11H. The summed E-state index contributed by atoms with van der Waals surface area (Å²) in [6.07, 6.45) is 0.0857. The Kier molecular flexibility index (Phi) is 1.60. The third kappa shape index (κ3) is 0.995. The summed E-state index contributed by atoms with van der Waals surface area (Å²) in [6.45, 7) is 0. The van der Waals surface area contributed by atoms with Gasteiger partial charge >= 0.3 is 0 Å². The Hall–Kier alpha value is -1.32. The van der Waals surface area contributed by atoms with E-state index in [0.29, 0.717) is 11.1 Å². The van der Waals surface area contributed by atoms with Crippen LogP contribution < -0.4 is 0 Å². The van der Waals surface area contributed by atoms with Crippen molar-refractivity contribution >= 4 is 11.0 Å². The van der Waals surface area contributed by atoms with E-state index in [-0.39, 0.29) is 0 Å². The van der Waals surface area contributed by atoms with Crippen LogP contribution in [0, 0.1) is 0 Å². The molecule has 1 aromatic heterocycles. The maximum Gasteiger partial charge on any atom is 0.179 e. The van der Waals surface area contributed by atoms with Crippen molar-refractivity contribution in [2.24, 2.45) is 0 Å². The Bertz CT molecular complexity index is 389. The highest BCUT2D eigenvalue weighted by molar-refractivity contribution is 5.80.